The van der Waals surface area contributed by atoms with E-state index in [4.69, 9.17) is 9.47 Å². The second-order valence-corrected chi connectivity index (χ2v) is 8.93. The van der Waals surface area contributed by atoms with Gasteiger partial charge in [0.15, 0.2) is 0 Å². The number of benzene rings is 3. The molecule has 0 atom stereocenters. The van der Waals surface area contributed by atoms with Crippen LogP contribution in [-0.2, 0) is 6.42 Å². The third kappa shape index (κ3) is 3.81. The minimum Gasteiger partial charge on any atom is -0.507 e. The third-order valence-corrected chi connectivity index (χ3v) is 6.74. The molecule has 0 amide bonds. The Kier molecular flexibility index (Phi) is 5.30. The number of nitrogens with zero attached hydrogens (tertiary/aromatic N) is 3. The first kappa shape index (κ1) is 22.1. The lowest BCUT2D eigenvalue weighted by atomic mass is 10.1. The Morgan fingerprint density at radius 1 is 1.06 bits per heavy atom. The fourth-order valence-corrected chi connectivity index (χ4v) is 4.84. The van der Waals surface area contributed by atoms with Crippen LogP contribution < -0.4 is 13.9 Å². The number of aryl methyl sites for hydroxylation is 1. The van der Waals surface area contributed by atoms with Crippen LogP contribution in [0.5, 0.6) is 29.1 Å². The summed E-state index contributed by atoms with van der Waals surface area (Å²) in [4.78, 5) is 27.4. The van der Waals surface area contributed by atoms with Crippen LogP contribution in [0.25, 0.3) is 32.8 Å². The monoisotopic (exact) mass is 544 g/mol. The van der Waals surface area contributed by atoms with E-state index in [1.165, 1.54) is 6.20 Å². The van der Waals surface area contributed by atoms with E-state index in [-0.39, 0.29) is 11.8 Å². The molecule has 10 heteroatoms. The summed E-state index contributed by atoms with van der Waals surface area (Å²) in [7, 11) is 0. The fraction of sp³-hybridized carbons (Fsp3) is 0.0769. The Bertz CT molecular complexity index is 1850. The molecule has 0 fully saturated rings. The molecule has 6 rings (SSSR count). The van der Waals surface area contributed by atoms with Crippen LogP contribution in [0.4, 0.5) is 0 Å². The molecule has 0 aliphatic carbocycles. The van der Waals surface area contributed by atoms with Crippen molar-refractivity contribution in [1.29, 1.82) is 0 Å². The largest absolute Gasteiger partial charge is 0.507 e. The predicted molar refractivity (Wildman–Crippen MR) is 138 cm³/mol. The van der Waals surface area contributed by atoms with Gasteiger partial charge in [-0.2, -0.15) is 9.97 Å². The van der Waals surface area contributed by atoms with Gasteiger partial charge in [0.05, 0.1) is 20.5 Å². The molecule has 3 N–H and O–H groups in total. The minimum absolute atomic E-state index is 0.0811. The van der Waals surface area contributed by atoms with Crippen LogP contribution in [0, 0.1) is 4.91 Å². The highest BCUT2D eigenvalue weighted by molar-refractivity contribution is 9.10. The van der Waals surface area contributed by atoms with Crippen molar-refractivity contribution in [3.05, 3.63) is 82.1 Å². The lowest BCUT2D eigenvalue weighted by Crippen LogP contribution is -2.13. The molecular weight excluding hydrogens is 526 g/mol. The summed E-state index contributed by atoms with van der Waals surface area (Å²) >= 11 is 3.65. The van der Waals surface area contributed by atoms with Crippen molar-refractivity contribution in [2.75, 3.05) is 0 Å². The summed E-state index contributed by atoms with van der Waals surface area (Å²) in [6.07, 6.45) is 3.70. The van der Waals surface area contributed by atoms with Crippen molar-refractivity contribution in [3.63, 3.8) is 0 Å². The number of phenolic OH excluding ortho intramolecular Hbond substituents is 1. The lowest BCUT2D eigenvalue weighted by molar-refractivity contribution is -0.464. The maximum absolute atomic E-state index is 12.0. The number of rotatable bonds is 5. The average Bonchev–Trinajstić information content (AvgIpc) is 3.20. The van der Waals surface area contributed by atoms with E-state index < -0.39 is 0 Å². The van der Waals surface area contributed by atoms with E-state index in [9.17, 15) is 10.0 Å². The van der Waals surface area contributed by atoms with Crippen LogP contribution in [0.3, 0.4) is 0 Å². The van der Waals surface area contributed by atoms with Gasteiger partial charge >= 0.3 is 6.01 Å². The molecule has 0 saturated carbocycles. The molecular formula is C26H19BrN5O4+. The average molecular weight is 545 g/mol. The number of aromatic amines is 2. The van der Waals surface area contributed by atoms with Crippen molar-refractivity contribution in [2.24, 2.45) is 0 Å². The zero-order valence-corrected chi connectivity index (χ0v) is 20.5. The molecule has 3 aromatic heterocycles. The van der Waals surface area contributed by atoms with Gasteiger partial charge in [0.25, 0.3) is 5.52 Å². The van der Waals surface area contributed by atoms with Gasteiger partial charge in [0.2, 0.25) is 12.1 Å². The van der Waals surface area contributed by atoms with Crippen LogP contribution in [0.15, 0.2) is 71.5 Å². The summed E-state index contributed by atoms with van der Waals surface area (Å²) in [6, 6.07) is 15.9. The highest BCUT2D eigenvalue weighted by Crippen LogP contribution is 2.38. The number of H-pyrrole nitrogens is 2. The highest BCUT2D eigenvalue weighted by atomic mass is 79.9. The number of phenols is 1. The second kappa shape index (κ2) is 8.65. The van der Waals surface area contributed by atoms with E-state index >= 15 is 0 Å². The van der Waals surface area contributed by atoms with Gasteiger partial charge < -0.3 is 24.5 Å². The van der Waals surface area contributed by atoms with Gasteiger partial charge in [-0.1, -0.05) is 19.1 Å². The van der Waals surface area contributed by atoms with Crippen LogP contribution >= 0.6 is 15.9 Å². The number of halogens is 1. The Morgan fingerprint density at radius 2 is 1.89 bits per heavy atom. The van der Waals surface area contributed by atoms with Gasteiger partial charge in [-0.15, -0.1) is 0 Å². The molecule has 0 radical (unpaired) electrons. The second-order valence-electron chi connectivity index (χ2n) is 8.14. The molecule has 9 nitrogen and oxygen atoms in total. The molecule has 0 unspecified atom stereocenters. The van der Waals surface area contributed by atoms with Crippen LogP contribution in [-0.4, -0.2) is 25.0 Å². The number of aromatic hydroxyl groups is 1. The molecule has 3 aromatic carbocycles. The molecule has 0 aliphatic heterocycles. The Balaban J connectivity index is 1.44. The van der Waals surface area contributed by atoms with Gasteiger partial charge in [0, 0.05) is 28.1 Å². The zero-order valence-electron chi connectivity index (χ0n) is 18.9. The molecule has 36 heavy (non-hydrogen) atoms. The van der Waals surface area contributed by atoms with Gasteiger partial charge in [0.1, 0.15) is 28.4 Å². The molecule has 0 saturated heterocycles. The highest BCUT2D eigenvalue weighted by Gasteiger charge is 2.20. The topological polar surface area (TPSA) is 119 Å². The summed E-state index contributed by atoms with van der Waals surface area (Å²) in [5.41, 5.74) is 2.60. The van der Waals surface area contributed by atoms with Gasteiger partial charge in [-0.3, -0.25) is 0 Å². The van der Waals surface area contributed by atoms with E-state index in [0.29, 0.717) is 39.4 Å². The maximum Gasteiger partial charge on any atom is 0.327 e. The summed E-state index contributed by atoms with van der Waals surface area (Å²) in [5, 5.41) is 12.4. The molecule has 0 spiro atoms. The zero-order chi connectivity index (χ0) is 24.8. The van der Waals surface area contributed by atoms with E-state index in [1.54, 1.807) is 48.7 Å². The van der Waals surface area contributed by atoms with Crippen molar-refractivity contribution in [3.8, 4) is 29.1 Å². The molecule has 178 valence electrons. The first-order valence-electron chi connectivity index (χ1n) is 11.2. The number of nitrogens with one attached hydrogen (secondary N) is 2. The number of ether oxygens (including phenoxy) is 2. The summed E-state index contributed by atoms with van der Waals surface area (Å²) in [5.74, 6) is 1.51. The molecule has 0 aliphatic rings. The quantitative estimate of drug-likeness (QED) is 0.225. The van der Waals surface area contributed by atoms with Crippen molar-refractivity contribution >= 4 is 48.8 Å². The number of fused-ring (bicyclic) bond motifs is 3. The van der Waals surface area contributed by atoms with E-state index in [2.05, 4.69) is 35.9 Å². The summed E-state index contributed by atoms with van der Waals surface area (Å²) < 4.78 is 13.8. The number of hydrogen-bond acceptors (Lipinski definition) is 6. The van der Waals surface area contributed by atoms with Gasteiger partial charge in [-0.05, 0) is 58.1 Å². The normalized spacial score (nSPS) is 11.4. The first-order chi connectivity index (χ1) is 17.5. The van der Waals surface area contributed by atoms with Crippen molar-refractivity contribution in [2.45, 2.75) is 13.3 Å². The Morgan fingerprint density at radius 3 is 2.75 bits per heavy atom. The fourth-order valence-electron chi connectivity index (χ4n) is 4.11. The summed E-state index contributed by atoms with van der Waals surface area (Å²) in [6.45, 7) is 2.03. The van der Waals surface area contributed by atoms with E-state index in [0.717, 1.165) is 31.8 Å². The third-order valence-electron chi connectivity index (χ3n) is 5.87. The van der Waals surface area contributed by atoms with Gasteiger partial charge in [-0.25, -0.2) is 0 Å². The maximum atomic E-state index is 12.0. The molecule has 0 bridgehead atoms. The lowest BCUT2D eigenvalue weighted by Gasteiger charge is -2.10. The minimum atomic E-state index is 0.0811. The van der Waals surface area contributed by atoms with Crippen molar-refractivity contribution in [1.82, 2.24) is 19.9 Å². The van der Waals surface area contributed by atoms with Crippen LogP contribution in [0.2, 0.25) is 0 Å². The predicted octanol–water partition coefficient (Wildman–Crippen LogP) is 6.12. The van der Waals surface area contributed by atoms with Crippen LogP contribution in [0.1, 0.15) is 12.6 Å². The standard InChI is InChI=1S/C26H18BrN5O4/c1-2-18-23(27)22-24(29-18)30-26(36-16-7-9-20-19(13-16)28-10-11-32(20)34)31-25(22)35-15-6-8-17-14(12-15)4-3-5-21(17)33/h3-13H,2H2,1H3,(H2-,28,29,30,31,33,34)/p+1. The number of aromatic nitrogens is 5. The number of hydrogen-bond donors (Lipinski definition) is 3. The molecule has 3 heterocycles. The van der Waals surface area contributed by atoms with E-state index in [1.807, 2.05) is 19.1 Å². The Hall–Kier alpha value is -4.44. The smallest absolute Gasteiger partial charge is 0.327 e. The Labute approximate surface area is 212 Å². The molecule has 6 aromatic rings. The van der Waals surface area contributed by atoms with Crippen molar-refractivity contribution < 1.29 is 19.0 Å². The first-order valence-corrected chi connectivity index (χ1v) is 12.0. The SMILES string of the molecule is CCc1[nH]c2nc(Oc3ccc4c(c3)[nH]cc[n+]4=O)nc(Oc3ccc4c(O)cccc4c3)c2c1Br.